The number of thioether (sulfide) groups is 1. The van der Waals surface area contributed by atoms with Crippen LogP contribution in [-0.4, -0.2) is 23.7 Å². The molecule has 1 saturated heterocycles. The Morgan fingerprint density at radius 3 is 2.62 bits per heavy atom. The molecule has 0 spiro atoms. The molecule has 0 unspecified atom stereocenters. The summed E-state index contributed by atoms with van der Waals surface area (Å²) in [7, 11) is 0. The molecule has 0 radical (unpaired) electrons. The summed E-state index contributed by atoms with van der Waals surface area (Å²) in [4.78, 5) is 26.8. The number of amides is 1. The molecule has 0 N–H and O–H groups in total. The van der Waals surface area contributed by atoms with Crippen molar-refractivity contribution in [3.05, 3.63) is 76.1 Å². The summed E-state index contributed by atoms with van der Waals surface area (Å²) in [5, 5.41) is 9.26. The molecule has 0 aromatic heterocycles. The Balaban J connectivity index is 2.03. The normalized spacial score (nSPS) is 17.8. The van der Waals surface area contributed by atoms with Gasteiger partial charge in [0.05, 0.1) is 11.9 Å². The predicted octanol–water partition coefficient (Wildman–Crippen LogP) is 4.12. The molecule has 0 aliphatic carbocycles. The third kappa shape index (κ3) is 4.49. The molecule has 1 amide bonds. The highest BCUT2D eigenvalue weighted by Crippen LogP contribution is 2.42. The van der Waals surface area contributed by atoms with Gasteiger partial charge in [-0.3, -0.25) is 9.69 Å². The molecule has 1 aliphatic rings. The van der Waals surface area contributed by atoms with Gasteiger partial charge in [0, 0.05) is 5.69 Å². The Kier molecular flexibility index (Phi) is 6.35. The summed E-state index contributed by atoms with van der Waals surface area (Å²) in [5.74, 6) is -1.50. The molecule has 1 atom stereocenters. The lowest BCUT2D eigenvalue weighted by atomic mass is 10.1. The number of ether oxygens (including phenoxy) is 1. The highest BCUT2D eigenvalue weighted by Gasteiger charge is 2.41. The van der Waals surface area contributed by atoms with Crippen LogP contribution in [0.5, 0.6) is 0 Å². The lowest BCUT2D eigenvalue weighted by Crippen LogP contribution is -2.30. The molecule has 1 fully saturated rings. The zero-order valence-electron chi connectivity index (χ0n) is 16.0. The van der Waals surface area contributed by atoms with Crippen LogP contribution in [0.1, 0.15) is 18.1 Å². The van der Waals surface area contributed by atoms with E-state index in [1.807, 2.05) is 37.3 Å². The largest absolute Gasteiger partial charge is 0.462 e. The second-order valence-electron chi connectivity index (χ2n) is 6.46. The van der Waals surface area contributed by atoms with Crippen molar-refractivity contribution < 1.29 is 18.7 Å². The van der Waals surface area contributed by atoms with Crippen LogP contribution in [0.15, 0.2) is 59.1 Å². The van der Waals surface area contributed by atoms with Crippen molar-refractivity contribution in [3.8, 4) is 6.07 Å². The first-order chi connectivity index (χ1) is 13.9. The van der Waals surface area contributed by atoms with Crippen molar-refractivity contribution in [2.24, 2.45) is 0 Å². The number of anilines is 1. The van der Waals surface area contributed by atoms with Crippen LogP contribution < -0.4 is 4.90 Å². The Bertz CT molecular complexity index is 1010. The average molecular weight is 410 g/mol. The monoisotopic (exact) mass is 410 g/mol. The molecular weight excluding hydrogens is 391 g/mol. The van der Waals surface area contributed by atoms with Gasteiger partial charge in [0.1, 0.15) is 16.9 Å². The van der Waals surface area contributed by atoms with E-state index in [0.29, 0.717) is 12.1 Å². The third-order valence-electron chi connectivity index (χ3n) is 4.35. The SMILES string of the molecule is CCOC(=O)/C(C#N)=C1/S[C@H](Cc2cccc(C)c2)C(=O)N1c1ccc(F)cc1. The lowest BCUT2D eigenvalue weighted by molar-refractivity contribution is -0.138. The van der Waals surface area contributed by atoms with Gasteiger partial charge in [0.2, 0.25) is 5.91 Å². The summed E-state index contributed by atoms with van der Waals surface area (Å²) in [6, 6.07) is 15.0. The van der Waals surface area contributed by atoms with E-state index in [1.165, 1.54) is 29.2 Å². The number of halogens is 1. The standard InChI is InChI=1S/C22H19FN2O3S/c1-3-28-22(27)18(13-24)21-25(17-9-7-16(23)8-10-17)20(26)19(29-21)12-15-6-4-5-14(2)11-15/h4-11,19H,3,12H2,1-2H3/b21-18+/t19-/m1/s1. The van der Waals surface area contributed by atoms with Gasteiger partial charge < -0.3 is 4.74 Å². The van der Waals surface area contributed by atoms with Crippen LogP contribution in [0.2, 0.25) is 0 Å². The number of carbonyl (C=O) groups excluding carboxylic acids is 2. The van der Waals surface area contributed by atoms with E-state index in [2.05, 4.69) is 0 Å². The molecule has 2 aromatic carbocycles. The first-order valence-electron chi connectivity index (χ1n) is 9.07. The molecule has 1 aliphatic heterocycles. The second kappa shape index (κ2) is 8.93. The number of rotatable bonds is 5. The van der Waals surface area contributed by atoms with Gasteiger partial charge in [-0.2, -0.15) is 5.26 Å². The quantitative estimate of drug-likeness (QED) is 0.421. The van der Waals surface area contributed by atoms with Crippen LogP contribution in [0, 0.1) is 24.1 Å². The Hall–Kier alpha value is -3.11. The van der Waals surface area contributed by atoms with Gasteiger partial charge in [-0.15, -0.1) is 0 Å². The second-order valence-corrected chi connectivity index (χ2v) is 7.65. The van der Waals surface area contributed by atoms with Gasteiger partial charge >= 0.3 is 5.97 Å². The summed E-state index contributed by atoms with van der Waals surface area (Å²) in [6.07, 6.45) is 0.438. The van der Waals surface area contributed by atoms with E-state index < -0.39 is 17.0 Å². The van der Waals surface area contributed by atoms with E-state index in [0.717, 1.165) is 22.9 Å². The van der Waals surface area contributed by atoms with Crippen LogP contribution in [0.4, 0.5) is 10.1 Å². The van der Waals surface area contributed by atoms with Gasteiger partial charge in [0.15, 0.2) is 5.57 Å². The maximum Gasteiger partial charge on any atom is 0.351 e. The fourth-order valence-corrected chi connectivity index (χ4v) is 4.35. The fraction of sp³-hybridized carbons (Fsp3) is 0.227. The van der Waals surface area contributed by atoms with Crippen molar-refractivity contribution in [3.63, 3.8) is 0 Å². The third-order valence-corrected chi connectivity index (χ3v) is 5.61. The van der Waals surface area contributed by atoms with E-state index in [9.17, 15) is 19.2 Å². The molecule has 7 heteroatoms. The molecule has 148 valence electrons. The number of hydrogen-bond donors (Lipinski definition) is 0. The van der Waals surface area contributed by atoms with Crippen LogP contribution in [-0.2, 0) is 20.7 Å². The van der Waals surface area contributed by atoms with E-state index in [4.69, 9.17) is 4.74 Å². The lowest BCUT2D eigenvalue weighted by Gasteiger charge is -2.18. The number of benzene rings is 2. The summed E-state index contributed by atoms with van der Waals surface area (Å²) >= 11 is 1.15. The number of aryl methyl sites for hydroxylation is 1. The molecule has 0 saturated carbocycles. The van der Waals surface area contributed by atoms with Crippen LogP contribution in [0.25, 0.3) is 0 Å². The minimum absolute atomic E-state index is 0.110. The maximum atomic E-state index is 13.4. The highest BCUT2D eigenvalue weighted by atomic mass is 32.2. The molecule has 5 nitrogen and oxygen atoms in total. The van der Waals surface area contributed by atoms with Gasteiger partial charge in [-0.1, -0.05) is 41.6 Å². The first-order valence-corrected chi connectivity index (χ1v) is 9.95. The summed E-state index contributed by atoms with van der Waals surface area (Å²) in [6.45, 7) is 3.72. The van der Waals surface area contributed by atoms with E-state index >= 15 is 0 Å². The summed E-state index contributed by atoms with van der Waals surface area (Å²) in [5.41, 5.74) is 2.21. The topological polar surface area (TPSA) is 70.4 Å². The van der Waals surface area contributed by atoms with E-state index in [1.54, 1.807) is 6.92 Å². The van der Waals surface area contributed by atoms with Crippen LogP contribution >= 0.6 is 11.8 Å². The number of nitriles is 1. The van der Waals surface area contributed by atoms with Crippen molar-refractivity contribution >= 4 is 29.3 Å². The summed E-state index contributed by atoms with van der Waals surface area (Å²) < 4.78 is 18.4. The van der Waals surface area contributed by atoms with E-state index in [-0.39, 0.29) is 23.1 Å². The molecule has 1 heterocycles. The van der Waals surface area contributed by atoms with Gasteiger partial charge in [-0.05, 0) is 50.1 Å². The molecule has 2 aromatic rings. The van der Waals surface area contributed by atoms with Crippen molar-refractivity contribution in [2.75, 3.05) is 11.5 Å². The smallest absolute Gasteiger partial charge is 0.351 e. The average Bonchev–Trinajstić information content (AvgIpc) is 2.99. The van der Waals surface area contributed by atoms with Crippen molar-refractivity contribution in [2.45, 2.75) is 25.5 Å². The van der Waals surface area contributed by atoms with Gasteiger partial charge in [-0.25, -0.2) is 9.18 Å². The zero-order valence-corrected chi connectivity index (χ0v) is 16.8. The van der Waals surface area contributed by atoms with Crippen LogP contribution in [0.3, 0.4) is 0 Å². The number of hydrogen-bond acceptors (Lipinski definition) is 5. The number of nitrogens with zero attached hydrogens (tertiary/aromatic N) is 2. The Morgan fingerprint density at radius 2 is 2.00 bits per heavy atom. The minimum Gasteiger partial charge on any atom is -0.462 e. The fourth-order valence-electron chi connectivity index (χ4n) is 3.05. The molecular formula is C22H19FN2O3S. The Morgan fingerprint density at radius 1 is 1.28 bits per heavy atom. The predicted molar refractivity (Wildman–Crippen MR) is 109 cm³/mol. The van der Waals surface area contributed by atoms with Gasteiger partial charge in [0.25, 0.3) is 0 Å². The zero-order chi connectivity index (χ0) is 21.0. The minimum atomic E-state index is -0.784. The Labute approximate surface area is 172 Å². The van der Waals surface area contributed by atoms with Crippen molar-refractivity contribution in [1.82, 2.24) is 0 Å². The van der Waals surface area contributed by atoms with Crippen molar-refractivity contribution in [1.29, 1.82) is 5.26 Å². The molecule has 29 heavy (non-hydrogen) atoms. The molecule has 0 bridgehead atoms. The first kappa shape index (κ1) is 20.6. The highest BCUT2D eigenvalue weighted by molar-refractivity contribution is 8.05. The molecule has 3 rings (SSSR count). The maximum absolute atomic E-state index is 13.4. The number of esters is 1. The number of carbonyl (C=O) groups is 2.